The molecule has 2 nitrogen and oxygen atoms in total. The minimum atomic E-state index is 0.695. The number of hydrogen-bond acceptors (Lipinski definition) is 3. The monoisotopic (exact) mass is 168 g/mol. The molecule has 0 saturated heterocycles. The highest BCUT2D eigenvalue weighted by Crippen LogP contribution is 2.10. The molecule has 1 aromatic heterocycles. The Kier molecular flexibility index (Phi) is 3.39. The van der Waals surface area contributed by atoms with Crippen molar-refractivity contribution in [1.29, 1.82) is 0 Å². The average Bonchev–Trinajstić information content (AvgIpc) is 2.07. The summed E-state index contributed by atoms with van der Waals surface area (Å²) in [6.45, 7) is 0.695. The van der Waals surface area contributed by atoms with E-state index >= 15 is 0 Å². The molecule has 0 atom stereocenters. The molecule has 0 aromatic carbocycles. The molecule has 0 fully saturated rings. The Morgan fingerprint density at radius 3 is 2.82 bits per heavy atom. The van der Waals surface area contributed by atoms with Gasteiger partial charge in [-0.2, -0.15) is 0 Å². The van der Waals surface area contributed by atoms with E-state index in [1.54, 1.807) is 11.8 Å². The second kappa shape index (κ2) is 4.36. The minimum absolute atomic E-state index is 0.695. The highest BCUT2D eigenvalue weighted by atomic mass is 32.2. The quantitative estimate of drug-likeness (QED) is 0.691. The van der Waals surface area contributed by atoms with Crippen LogP contribution in [0.15, 0.2) is 23.4 Å². The molecule has 1 rings (SSSR count). The van der Waals surface area contributed by atoms with Crippen molar-refractivity contribution in [2.45, 2.75) is 11.4 Å². The first-order chi connectivity index (χ1) is 5.36. The molecule has 0 amide bonds. The van der Waals surface area contributed by atoms with E-state index in [0.717, 1.165) is 11.4 Å². The molecule has 3 heteroatoms. The molecule has 11 heavy (non-hydrogen) atoms. The normalized spacial score (nSPS) is 10.0. The fourth-order valence-electron chi connectivity index (χ4n) is 0.846. The van der Waals surface area contributed by atoms with Crippen molar-refractivity contribution >= 4 is 11.8 Å². The Morgan fingerprint density at radius 1 is 1.55 bits per heavy atom. The summed E-state index contributed by atoms with van der Waals surface area (Å²) in [6.07, 6.45) is 4.82. The van der Waals surface area contributed by atoms with Crippen LogP contribution >= 0.6 is 11.8 Å². The van der Waals surface area contributed by atoms with Gasteiger partial charge in [-0.25, -0.2) is 4.98 Å². The first-order valence-corrected chi connectivity index (χ1v) is 4.78. The third-order valence-corrected chi connectivity index (χ3v) is 2.10. The SMILES string of the molecule is CSc1ccc(CCN)cn1. The van der Waals surface area contributed by atoms with E-state index in [4.69, 9.17) is 5.73 Å². The van der Waals surface area contributed by atoms with Gasteiger partial charge in [-0.15, -0.1) is 11.8 Å². The van der Waals surface area contributed by atoms with Crippen molar-refractivity contribution in [2.75, 3.05) is 12.8 Å². The predicted octanol–water partition coefficient (Wildman–Crippen LogP) is 1.30. The van der Waals surface area contributed by atoms with Gasteiger partial charge in [0.05, 0.1) is 5.03 Å². The van der Waals surface area contributed by atoms with Crippen LogP contribution in [0, 0.1) is 0 Å². The molecule has 0 aliphatic carbocycles. The van der Waals surface area contributed by atoms with Crippen LogP contribution in [0.2, 0.25) is 0 Å². The van der Waals surface area contributed by atoms with E-state index in [1.807, 2.05) is 18.5 Å². The highest BCUT2D eigenvalue weighted by molar-refractivity contribution is 7.98. The Labute approximate surface area is 71.2 Å². The van der Waals surface area contributed by atoms with Crippen LogP contribution in [0.3, 0.4) is 0 Å². The molecule has 2 N–H and O–H groups in total. The number of nitrogens with two attached hydrogens (primary N) is 1. The second-order valence-corrected chi connectivity index (χ2v) is 3.07. The lowest BCUT2D eigenvalue weighted by atomic mass is 10.2. The van der Waals surface area contributed by atoms with E-state index in [1.165, 1.54) is 5.56 Å². The summed E-state index contributed by atoms with van der Waals surface area (Å²) in [5.41, 5.74) is 6.61. The standard InChI is InChI=1S/C8H12N2S/c1-11-8-3-2-7(4-5-9)6-10-8/h2-3,6H,4-5,9H2,1H3. The van der Waals surface area contributed by atoms with E-state index < -0.39 is 0 Å². The van der Waals surface area contributed by atoms with Crippen LogP contribution in [0.4, 0.5) is 0 Å². The molecule has 0 radical (unpaired) electrons. The zero-order chi connectivity index (χ0) is 8.10. The number of rotatable bonds is 3. The Bertz CT molecular complexity index is 208. The third kappa shape index (κ3) is 2.52. The largest absolute Gasteiger partial charge is 0.330 e. The minimum Gasteiger partial charge on any atom is -0.330 e. The van der Waals surface area contributed by atoms with Gasteiger partial charge in [-0.05, 0) is 30.9 Å². The van der Waals surface area contributed by atoms with Crippen molar-refractivity contribution in [3.05, 3.63) is 23.9 Å². The Balaban J connectivity index is 2.66. The van der Waals surface area contributed by atoms with Crippen molar-refractivity contribution < 1.29 is 0 Å². The van der Waals surface area contributed by atoms with Crippen LogP contribution in [0.1, 0.15) is 5.56 Å². The maximum atomic E-state index is 5.40. The van der Waals surface area contributed by atoms with Gasteiger partial charge in [-0.3, -0.25) is 0 Å². The van der Waals surface area contributed by atoms with E-state index in [-0.39, 0.29) is 0 Å². The summed E-state index contributed by atoms with van der Waals surface area (Å²) >= 11 is 1.65. The summed E-state index contributed by atoms with van der Waals surface area (Å²) in [5.74, 6) is 0. The van der Waals surface area contributed by atoms with Crippen LogP contribution in [-0.4, -0.2) is 17.8 Å². The Hall–Kier alpha value is -0.540. The van der Waals surface area contributed by atoms with Gasteiger partial charge in [0.2, 0.25) is 0 Å². The number of nitrogens with zero attached hydrogens (tertiary/aromatic N) is 1. The number of thioether (sulfide) groups is 1. The summed E-state index contributed by atoms with van der Waals surface area (Å²) < 4.78 is 0. The van der Waals surface area contributed by atoms with Gasteiger partial charge in [0.1, 0.15) is 0 Å². The maximum absolute atomic E-state index is 5.40. The molecule has 1 aromatic rings. The summed E-state index contributed by atoms with van der Waals surface area (Å²) in [5, 5.41) is 1.06. The van der Waals surface area contributed by atoms with Crippen LogP contribution < -0.4 is 5.73 Å². The zero-order valence-corrected chi connectivity index (χ0v) is 7.40. The zero-order valence-electron chi connectivity index (χ0n) is 6.58. The van der Waals surface area contributed by atoms with E-state index in [9.17, 15) is 0 Å². The number of aromatic nitrogens is 1. The van der Waals surface area contributed by atoms with Crippen molar-refractivity contribution in [3.63, 3.8) is 0 Å². The maximum Gasteiger partial charge on any atom is 0.0957 e. The lowest BCUT2D eigenvalue weighted by Crippen LogP contribution is -2.02. The van der Waals surface area contributed by atoms with Gasteiger partial charge >= 0.3 is 0 Å². The van der Waals surface area contributed by atoms with Gasteiger partial charge in [-0.1, -0.05) is 6.07 Å². The van der Waals surface area contributed by atoms with E-state index in [2.05, 4.69) is 11.1 Å². The number of hydrogen-bond donors (Lipinski definition) is 1. The summed E-state index contributed by atoms with van der Waals surface area (Å²) in [4.78, 5) is 4.22. The molecule has 0 spiro atoms. The van der Waals surface area contributed by atoms with Crippen molar-refractivity contribution in [3.8, 4) is 0 Å². The molecule has 1 heterocycles. The molecular formula is C8H12N2S. The Morgan fingerprint density at radius 2 is 2.36 bits per heavy atom. The molecule has 60 valence electrons. The highest BCUT2D eigenvalue weighted by Gasteiger charge is 1.92. The fraction of sp³-hybridized carbons (Fsp3) is 0.375. The van der Waals surface area contributed by atoms with Crippen LogP contribution in [0.25, 0.3) is 0 Å². The first kappa shape index (κ1) is 8.56. The van der Waals surface area contributed by atoms with Crippen molar-refractivity contribution in [1.82, 2.24) is 4.98 Å². The second-order valence-electron chi connectivity index (χ2n) is 2.25. The average molecular weight is 168 g/mol. The number of pyridine rings is 1. The summed E-state index contributed by atoms with van der Waals surface area (Å²) in [7, 11) is 0. The van der Waals surface area contributed by atoms with Crippen LogP contribution in [-0.2, 0) is 6.42 Å². The molecule has 0 bridgehead atoms. The van der Waals surface area contributed by atoms with Gasteiger partial charge in [0, 0.05) is 6.20 Å². The molecular weight excluding hydrogens is 156 g/mol. The molecule has 0 unspecified atom stereocenters. The molecule has 0 saturated carbocycles. The third-order valence-electron chi connectivity index (χ3n) is 1.44. The van der Waals surface area contributed by atoms with Crippen molar-refractivity contribution in [2.24, 2.45) is 5.73 Å². The summed E-state index contributed by atoms with van der Waals surface area (Å²) in [6, 6.07) is 4.10. The van der Waals surface area contributed by atoms with Gasteiger partial charge in [0.15, 0.2) is 0 Å². The topological polar surface area (TPSA) is 38.9 Å². The predicted molar refractivity (Wildman–Crippen MR) is 48.8 cm³/mol. The smallest absolute Gasteiger partial charge is 0.0957 e. The molecule has 0 aliphatic heterocycles. The van der Waals surface area contributed by atoms with Gasteiger partial charge < -0.3 is 5.73 Å². The van der Waals surface area contributed by atoms with Gasteiger partial charge in [0.25, 0.3) is 0 Å². The lowest BCUT2D eigenvalue weighted by Gasteiger charge is -1.98. The van der Waals surface area contributed by atoms with E-state index in [0.29, 0.717) is 6.54 Å². The lowest BCUT2D eigenvalue weighted by molar-refractivity contribution is 0.946. The molecule has 0 aliphatic rings. The van der Waals surface area contributed by atoms with Crippen LogP contribution in [0.5, 0.6) is 0 Å². The first-order valence-electron chi connectivity index (χ1n) is 3.56. The fourth-order valence-corrected chi connectivity index (χ4v) is 1.21.